The lowest BCUT2D eigenvalue weighted by Gasteiger charge is -2.11. The molecule has 3 nitrogen and oxygen atoms in total. The van der Waals surface area contributed by atoms with Gasteiger partial charge in [0, 0.05) is 0 Å². The number of ether oxygens (including phenoxy) is 1. The van der Waals surface area contributed by atoms with Gasteiger partial charge in [0.05, 0.1) is 12.0 Å². The van der Waals surface area contributed by atoms with Gasteiger partial charge >= 0.3 is 0 Å². The van der Waals surface area contributed by atoms with Crippen molar-refractivity contribution in [2.45, 2.75) is 25.7 Å². The number of rotatable bonds is 2. The van der Waals surface area contributed by atoms with Crippen LogP contribution >= 0.6 is 0 Å². The predicted octanol–water partition coefficient (Wildman–Crippen LogP) is 1.59. The third-order valence-corrected chi connectivity index (χ3v) is 3.46. The fraction of sp³-hybridized carbons (Fsp3) is 0.400. The molecule has 1 rings (SSSR count). The van der Waals surface area contributed by atoms with Gasteiger partial charge in [0.2, 0.25) is 0 Å². The molecule has 0 fully saturated rings. The molecule has 0 saturated carbocycles. The Bertz CT molecular complexity index is 425. The molecule has 0 atom stereocenters. The Kier molecular flexibility index (Phi) is 3.16. The number of methoxy groups -OCH3 is 1. The molecule has 0 aliphatic carbocycles. The van der Waals surface area contributed by atoms with Gasteiger partial charge < -0.3 is 4.74 Å². The van der Waals surface area contributed by atoms with Crippen molar-refractivity contribution in [3.63, 3.8) is 0 Å². The van der Waals surface area contributed by atoms with Gasteiger partial charge in [0.15, 0.2) is 10.7 Å². The molecule has 4 heteroatoms. The maximum absolute atomic E-state index is 11.0. The van der Waals surface area contributed by atoms with Crippen LogP contribution in [0.15, 0.2) is 11.0 Å². The van der Waals surface area contributed by atoms with Gasteiger partial charge in [-0.15, -0.1) is 0 Å². The van der Waals surface area contributed by atoms with E-state index in [2.05, 4.69) is 0 Å². The van der Waals surface area contributed by atoms with E-state index in [1.807, 2.05) is 6.92 Å². The summed E-state index contributed by atoms with van der Waals surface area (Å²) < 4.78 is 27.1. The number of aryl methyl sites for hydroxylation is 1. The number of hydrogen-bond acceptors (Lipinski definition) is 3. The summed E-state index contributed by atoms with van der Waals surface area (Å²) in [6.45, 7) is 5.43. The van der Waals surface area contributed by atoms with Gasteiger partial charge in [-0.25, -0.2) is 8.42 Å². The SMILES string of the molecule is COc1cc(C)c([SH](=O)=O)c(C)c1C. The molecule has 0 aromatic heterocycles. The van der Waals surface area contributed by atoms with Crippen LogP contribution in [-0.2, 0) is 10.7 Å². The molecule has 1 aromatic carbocycles. The Balaban J connectivity index is 3.57. The zero-order chi connectivity index (χ0) is 10.9. The van der Waals surface area contributed by atoms with Gasteiger partial charge in [0.1, 0.15) is 5.75 Å². The Hall–Kier alpha value is -1.03. The van der Waals surface area contributed by atoms with Crippen LogP contribution in [0.2, 0.25) is 0 Å². The third-order valence-electron chi connectivity index (χ3n) is 2.41. The van der Waals surface area contributed by atoms with E-state index in [0.717, 1.165) is 22.4 Å². The average Bonchev–Trinajstić information content (AvgIpc) is 2.10. The average molecular weight is 214 g/mol. The van der Waals surface area contributed by atoms with Crippen LogP contribution in [0.1, 0.15) is 16.7 Å². The molecule has 0 unspecified atom stereocenters. The zero-order valence-corrected chi connectivity index (χ0v) is 9.64. The van der Waals surface area contributed by atoms with E-state index in [1.54, 1.807) is 27.0 Å². The van der Waals surface area contributed by atoms with E-state index in [9.17, 15) is 8.42 Å². The summed E-state index contributed by atoms with van der Waals surface area (Å²) in [5.74, 6) is 0.737. The molecular weight excluding hydrogens is 200 g/mol. The highest BCUT2D eigenvalue weighted by atomic mass is 32.2. The van der Waals surface area contributed by atoms with Gasteiger partial charge in [-0.2, -0.15) is 0 Å². The lowest BCUT2D eigenvalue weighted by molar-refractivity contribution is 0.410. The van der Waals surface area contributed by atoms with Crippen molar-refractivity contribution in [3.05, 3.63) is 22.8 Å². The Morgan fingerprint density at radius 1 is 1.14 bits per heavy atom. The zero-order valence-electron chi connectivity index (χ0n) is 8.75. The maximum atomic E-state index is 11.0. The minimum Gasteiger partial charge on any atom is -0.496 e. The van der Waals surface area contributed by atoms with Crippen LogP contribution in [0.5, 0.6) is 5.75 Å². The van der Waals surface area contributed by atoms with Crippen molar-refractivity contribution >= 4 is 10.7 Å². The number of hydrogen-bond donors (Lipinski definition) is 1. The van der Waals surface area contributed by atoms with E-state index in [-0.39, 0.29) is 0 Å². The molecule has 0 amide bonds. The van der Waals surface area contributed by atoms with Gasteiger partial charge in [-0.3, -0.25) is 0 Å². The van der Waals surface area contributed by atoms with Crippen molar-refractivity contribution in [1.82, 2.24) is 0 Å². The van der Waals surface area contributed by atoms with Crippen LogP contribution in [0.4, 0.5) is 0 Å². The highest BCUT2D eigenvalue weighted by molar-refractivity contribution is 7.72. The number of thiol groups is 1. The predicted molar refractivity (Wildman–Crippen MR) is 55.8 cm³/mol. The van der Waals surface area contributed by atoms with Crippen molar-refractivity contribution < 1.29 is 13.2 Å². The molecule has 1 aromatic rings. The molecule has 0 bridgehead atoms. The Morgan fingerprint density at radius 3 is 2.14 bits per heavy atom. The molecule has 0 aliphatic heterocycles. The number of benzene rings is 1. The van der Waals surface area contributed by atoms with Crippen LogP contribution < -0.4 is 4.74 Å². The molecule has 0 N–H and O–H groups in total. The van der Waals surface area contributed by atoms with E-state index < -0.39 is 10.7 Å². The first kappa shape index (κ1) is 11.0. The lowest BCUT2D eigenvalue weighted by atomic mass is 10.1. The van der Waals surface area contributed by atoms with E-state index >= 15 is 0 Å². The monoisotopic (exact) mass is 214 g/mol. The van der Waals surface area contributed by atoms with Crippen LogP contribution in [0.25, 0.3) is 0 Å². The molecule has 0 aliphatic rings. The first-order chi connectivity index (χ1) is 6.49. The molecule has 0 heterocycles. The molecule has 0 radical (unpaired) electrons. The molecule has 0 saturated heterocycles. The van der Waals surface area contributed by atoms with Crippen LogP contribution in [0, 0.1) is 20.8 Å². The van der Waals surface area contributed by atoms with Gasteiger partial charge in [-0.05, 0) is 43.5 Å². The Morgan fingerprint density at radius 2 is 1.71 bits per heavy atom. The van der Waals surface area contributed by atoms with Crippen molar-refractivity contribution in [1.29, 1.82) is 0 Å². The standard InChI is InChI=1S/C10H14O3S/c1-6-5-9(13-4)7(2)8(3)10(6)14(11)12/h5,14H,1-4H3. The van der Waals surface area contributed by atoms with Crippen LogP contribution in [-0.4, -0.2) is 15.5 Å². The lowest BCUT2D eigenvalue weighted by Crippen LogP contribution is -1.98. The van der Waals surface area contributed by atoms with Crippen molar-refractivity contribution in [3.8, 4) is 5.75 Å². The quantitative estimate of drug-likeness (QED) is 0.760. The second kappa shape index (κ2) is 4.00. The summed E-state index contributed by atoms with van der Waals surface area (Å²) in [5.41, 5.74) is 2.39. The fourth-order valence-electron chi connectivity index (χ4n) is 1.52. The smallest absolute Gasteiger partial charge is 0.168 e. The van der Waals surface area contributed by atoms with Crippen molar-refractivity contribution in [2.75, 3.05) is 7.11 Å². The van der Waals surface area contributed by atoms with E-state index in [0.29, 0.717) is 4.90 Å². The normalized spacial score (nSPS) is 10.6. The van der Waals surface area contributed by atoms with Crippen LogP contribution in [0.3, 0.4) is 0 Å². The fourth-order valence-corrected chi connectivity index (χ4v) is 2.32. The third kappa shape index (κ3) is 1.75. The highest BCUT2D eigenvalue weighted by Gasteiger charge is 2.11. The first-order valence-electron chi connectivity index (χ1n) is 4.28. The maximum Gasteiger partial charge on any atom is 0.168 e. The molecule has 78 valence electrons. The summed E-state index contributed by atoms with van der Waals surface area (Å²) in [7, 11) is -0.945. The summed E-state index contributed by atoms with van der Waals surface area (Å²) in [6.07, 6.45) is 0. The Labute approximate surface area is 85.7 Å². The topological polar surface area (TPSA) is 43.4 Å². The first-order valence-corrected chi connectivity index (χ1v) is 5.46. The van der Waals surface area contributed by atoms with E-state index in [4.69, 9.17) is 4.74 Å². The summed E-state index contributed by atoms with van der Waals surface area (Å²) in [6, 6.07) is 1.75. The van der Waals surface area contributed by atoms with Gasteiger partial charge in [0.25, 0.3) is 0 Å². The van der Waals surface area contributed by atoms with Gasteiger partial charge in [-0.1, -0.05) is 0 Å². The highest BCUT2D eigenvalue weighted by Crippen LogP contribution is 2.27. The minimum atomic E-state index is -2.53. The second-order valence-electron chi connectivity index (χ2n) is 3.25. The summed E-state index contributed by atoms with van der Waals surface area (Å²) in [4.78, 5) is 0.415. The molecular formula is C10H14O3S. The minimum absolute atomic E-state index is 0.415. The summed E-state index contributed by atoms with van der Waals surface area (Å²) >= 11 is 0. The largest absolute Gasteiger partial charge is 0.496 e. The van der Waals surface area contributed by atoms with Crippen molar-refractivity contribution in [2.24, 2.45) is 0 Å². The summed E-state index contributed by atoms with van der Waals surface area (Å²) in [5, 5.41) is 0. The molecule has 0 spiro atoms. The second-order valence-corrected chi connectivity index (χ2v) is 4.21. The van der Waals surface area contributed by atoms with E-state index in [1.165, 1.54) is 0 Å². The molecule has 14 heavy (non-hydrogen) atoms.